The summed E-state index contributed by atoms with van der Waals surface area (Å²) in [6, 6.07) is 3.01. The Morgan fingerprint density at radius 1 is 1.05 bits per heavy atom. The fourth-order valence-electron chi connectivity index (χ4n) is 10.1. The zero-order chi connectivity index (χ0) is 28.6. The van der Waals surface area contributed by atoms with Crippen molar-refractivity contribution in [2.24, 2.45) is 28.6 Å². The summed E-state index contributed by atoms with van der Waals surface area (Å²) >= 11 is 0. The van der Waals surface area contributed by atoms with Gasteiger partial charge in [-0.1, -0.05) is 31.8 Å². The fourth-order valence-corrected chi connectivity index (χ4v) is 10.1. The molecular formula is C35H53N3O3. The van der Waals surface area contributed by atoms with E-state index in [4.69, 9.17) is 4.74 Å². The Kier molecular flexibility index (Phi) is 8.64. The van der Waals surface area contributed by atoms with Crippen molar-refractivity contribution in [2.45, 2.75) is 115 Å². The van der Waals surface area contributed by atoms with Gasteiger partial charge >= 0.3 is 0 Å². The molecule has 0 radical (unpaired) electrons. The fraction of sp³-hybridized carbons (Fsp3) is 0.771. The summed E-state index contributed by atoms with van der Waals surface area (Å²) in [4.78, 5) is 19.0. The monoisotopic (exact) mass is 563 g/mol. The number of allylic oxidation sites excluding steroid dienone is 1. The van der Waals surface area contributed by atoms with E-state index in [9.17, 15) is 9.90 Å². The van der Waals surface area contributed by atoms with Gasteiger partial charge in [0.05, 0.1) is 18.9 Å². The number of likely N-dealkylation sites (N-methyl/N-ethyl adjacent to an activating group) is 1. The minimum absolute atomic E-state index is 0.0374. The van der Waals surface area contributed by atoms with Crippen LogP contribution in [0.1, 0.15) is 108 Å². The smallest absolute Gasteiger partial charge is 0.155 e. The van der Waals surface area contributed by atoms with Crippen LogP contribution in [0, 0.1) is 28.6 Å². The van der Waals surface area contributed by atoms with Crippen molar-refractivity contribution in [3.63, 3.8) is 0 Å². The van der Waals surface area contributed by atoms with Crippen molar-refractivity contribution < 1.29 is 14.6 Å². The lowest BCUT2D eigenvalue weighted by atomic mass is 9.46. The number of pyridine rings is 1. The Balaban J connectivity index is 1.12. The molecule has 4 saturated carbocycles. The van der Waals surface area contributed by atoms with Crippen molar-refractivity contribution in [2.75, 3.05) is 27.2 Å². The van der Waals surface area contributed by atoms with Crippen molar-refractivity contribution in [3.05, 3.63) is 35.7 Å². The van der Waals surface area contributed by atoms with Crippen LogP contribution in [0.25, 0.3) is 0 Å². The minimum Gasteiger partial charge on any atom is -0.492 e. The maximum Gasteiger partial charge on any atom is 0.155 e. The van der Waals surface area contributed by atoms with Gasteiger partial charge in [0.1, 0.15) is 5.75 Å². The molecule has 4 fully saturated rings. The molecule has 5 unspecified atom stereocenters. The van der Waals surface area contributed by atoms with Gasteiger partial charge in [-0.2, -0.15) is 0 Å². The third-order valence-electron chi connectivity index (χ3n) is 12.2. The second kappa shape index (κ2) is 12.1. The van der Waals surface area contributed by atoms with E-state index in [0.29, 0.717) is 42.6 Å². The number of fused-ring (bicyclic) bond motifs is 5. The maximum absolute atomic E-state index is 12.2. The average molecular weight is 564 g/mol. The highest BCUT2D eigenvalue weighted by Gasteiger charge is 2.60. The molecule has 1 heterocycles. The van der Waals surface area contributed by atoms with Gasteiger partial charge in [0.15, 0.2) is 5.78 Å². The first-order chi connectivity index (χ1) is 19.8. The van der Waals surface area contributed by atoms with Crippen molar-refractivity contribution in [3.8, 4) is 5.75 Å². The molecule has 0 spiro atoms. The lowest BCUT2D eigenvalue weighted by Crippen LogP contribution is -2.52. The van der Waals surface area contributed by atoms with Crippen molar-refractivity contribution in [1.82, 2.24) is 15.2 Å². The van der Waals surface area contributed by atoms with Crippen LogP contribution >= 0.6 is 0 Å². The number of hydrogen-bond acceptors (Lipinski definition) is 6. The summed E-state index contributed by atoms with van der Waals surface area (Å²) in [5.74, 6) is 3.03. The molecule has 6 rings (SSSR count). The van der Waals surface area contributed by atoms with Crippen LogP contribution < -0.4 is 10.1 Å². The Morgan fingerprint density at radius 3 is 2.68 bits per heavy atom. The van der Waals surface area contributed by atoms with E-state index in [1.54, 1.807) is 0 Å². The summed E-state index contributed by atoms with van der Waals surface area (Å²) in [5.41, 5.74) is 2.75. The number of hydrogen-bond donors (Lipinski definition) is 2. The molecule has 2 N–H and O–H groups in total. The highest BCUT2D eigenvalue weighted by Crippen LogP contribution is 2.66. The first kappa shape index (κ1) is 29.3. The normalized spacial score (nSPS) is 36.3. The number of carbonyl (C=O) groups is 1. The van der Waals surface area contributed by atoms with Gasteiger partial charge in [0, 0.05) is 36.7 Å². The summed E-state index contributed by atoms with van der Waals surface area (Å²) < 4.78 is 6.44. The number of nitrogens with zero attached hydrogens (tertiary/aromatic N) is 2. The maximum atomic E-state index is 12.2. The number of rotatable bonds is 9. The lowest BCUT2D eigenvalue weighted by molar-refractivity contribution is -0.118. The minimum atomic E-state index is -0.233. The molecule has 0 bridgehead atoms. The standard InChI is InChI=1S/C35H53N3O3/c1-34-15-13-27(39)20-25(34)9-10-29-30(34)14-16-35(31(29)11-12-33(35)40)17-18-41-28-19-24(21-36-22-28)32(23-38(2)3)37-26-7-5-4-6-8-26/h19-22,26,29-33,37,40H,4-18,23H2,1-3H3/t29?,30?,31?,32?,33?,34-,35+/m0/s1. The number of carbonyl (C=O) groups excluding carboxylic acids is 1. The summed E-state index contributed by atoms with van der Waals surface area (Å²) in [6.07, 6.45) is 21.3. The third-order valence-corrected chi connectivity index (χ3v) is 12.2. The number of aliphatic hydroxyl groups excluding tert-OH is 1. The second-order valence-corrected chi connectivity index (χ2v) is 14.7. The van der Waals surface area contributed by atoms with Gasteiger partial charge < -0.3 is 20.1 Å². The van der Waals surface area contributed by atoms with Crippen molar-refractivity contribution >= 4 is 5.78 Å². The molecule has 7 atom stereocenters. The molecule has 6 nitrogen and oxygen atoms in total. The molecule has 0 aromatic carbocycles. The topological polar surface area (TPSA) is 74.7 Å². The van der Waals surface area contributed by atoms with Crippen LogP contribution in [-0.4, -0.2) is 60.2 Å². The molecule has 6 heteroatoms. The quantitative estimate of drug-likeness (QED) is 0.370. The highest BCUT2D eigenvalue weighted by molar-refractivity contribution is 5.91. The van der Waals surface area contributed by atoms with Crippen LogP contribution in [0.2, 0.25) is 0 Å². The van der Waals surface area contributed by atoms with Gasteiger partial charge in [-0.25, -0.2) is 0 Å². The summed E-state index contributed by atoms with van der Waals surface area (Å²) in [7, 11) is 4.27. The first-order valence-corrected chi connectivity index (χ1v) is 16.7. The van der Waals surface area contributed by atoms with E-state index in [2.05, 4.69) is 42.3 Å². The molecule has 1 aromatic heterocycles. The van der Waals surface area contributed by atoms with Gasteiger partial charge in [0.2, 0.25) is 0 Å². The van der Waals surface area contributed by atoms with E-state index in [1.165, 1.54) is 49.7 Å². The Hall–Kier alpha value is -1.76. The zero-order valence-electron chi connectivity index (χ0n) is 25.7. The molecule has 1 aromatic rings. The molecule has 0 amide bonds. The molecular weight excluding hydrogens is 510 g/mol. The Labute approximate surface area is 247 Å². The van der Waals surface area contributed by atoms with E-state index in [1.807, 2.05) is 18.5 Å². The van der Waals surface area contributed by atoms with E-state index >= 15 is 0 Å². The largest absolute Gasteiger partial charge is 0.492 e. The third kappa shape index (κ3) is 5.78. The SMILES string of the molecule is CN(C)CC(NC1CCCCC1)c1cncc(OCC[C@]23CCC4C(CCC5=CC(=O)CC[C@@]54C)C2CCC3O)c1. The van der Waals surface area contributed by atoms with Crippen LogP contribution in [0.4, 0.5) is 0 Å². The van der Waals surface area contributed by atoms with Gasteiger partial charge in [-0.05, 0) is 119 Å². The van der Waals surface area contributed by atoms with Crippen LogP contribution in [-0.2, 0) is 4.79 Å². The average Bonchev–Trinajstić information content (AvgIpc) is 3.30. The lowest BCUT2D eigenvalue weighted by Gasteiger charge is -2.58. The van der Waals surface area contributed by atoms with E-state index in [-0.39, 0.29) is 23.0 Å². The van der Waals surface area contributed by atoms with Gasteiger partial charge in [-0.15, -0.1) is 0 Å². The van der Waals surface area contributed by atoms with Crippen molar-refractivity contribution in [1.29, 1.82) is 0 Å². The molecule has 5 aliphatic rings. The number of ketones is 1. The molecule has 226 valence electrons. The highest BCUT2D eigenvalue weighted by atomic mass is 16.5. The number of ether oxygens (including phenoxy) is 1. The first-order valence-electron chi connectivity index (χ1n) is 16.7. The molecule has 5 aliphatic carbocycles. The molecule has 0 saturated heterocycles. The predicted octanol–water partition coefficient (Wildman–Crippen LogP) is 6.25. The number of aromatic nitrogens is 1. The van der Waals surface area contributed by atoms with E-state index < -0.39 is 0 Å². The molecule has 41 heavy (non-hydrogen) atoms. The zero-order valence-corrected chi connectivity index (χ0v) is 25.7. The predicted molar refractivity (Wildman–Crippen MR) is 163 cm³/mol. The van der Waals surface area contributed by atoms with Gasteiger partial charge in [-0.3, -0.25) is 9.78 Å². The number of nitrogens with one attached hydrogen (secondary N) is 1. The molecule has 0 aliphatic heterocycles. The van der Waals surface area contributed by atoms with Crippen LogP contribution in [0.5, 0.6) is 5.75 Å². The Bertz CT molecular complexity index is 1110. The summed E-state index contributed by atoms with van der Waals surface area (Å²) in [5, 5.41) is 15.3. The Morgan fingerprint density at radius 2 is 1.88 bits per heavy atom. The van der Waals surface area contributed by atoms with Crippen LogP contribution in [0.15, 0.2) is 30.1 Å². The number of aliphatic hydroxyl groups is 1. The van der Waals surface area contributed by atoms with E-state index in [0.717, 1.165) is 57.2 Å². The second-order valence-electron chi connectivity index (χ2n) is 14.7. The van der Waals surface area contributed by atoms with Crippen LogP contribution in [0.3, 0.4) is 0 Å². The summed E-state index contributed by atoms with van der Waals surface area (Å²) in [6.45, 7) is 4.00. The van der Waals surface area contributed by atoms with Gasteiger partial charge in [0.25, 0.3) is 0 Å².